The third-order valence-corrected chi connectivity index (χ3v) is 2.59. The summed E-state index contributed by atoms with van der Waals surface area (Å²) in [5.41, 5.74) is 1.08. The molecule has 0 unspecified atom stereocenters. The second-order valence-electron chi connectivity index (χ2n) is 4.48. The van der Waals surface area contributed by atoms with Crippen LogP contribution in [0.1, 0.15) is 30.9 Å². The van der Waals surface area contributed by atoms with Gasteiger partial charge in [0, 0.05) is 11.6 Å². The van der Waals surface area contributed by atoms with Gasteiger partial charge in [0.15, 0.2) is 0 Å². The van der Waals surface area contributed by atoms with E-state index >= 15 is 0 Å². The summed E-state index contributed by atoms with van der Waals surface area (Å²) in [6, 6.07) is 6.14. The zero-order valence-electron chi connectivity index (χ0n) is 10.8. The highest BCUT2D eigenvalue weighted by molar-refractivity contribution is 5.16. The van der Waals surface area contributed by atoms with Crippen LogP contribution in [0, 0.1) is 0 Å². The molecule has 1 N–H and O–H groups in total. The first-order chi connectivity index (χ1) is 8.75. The minimum atomic E-state index is 0.437. The maximum atomic E-state index is 5.59. The fourth-order valence-corrected chi connectivity index (χ4v) is 1.60. The number of hydrogen-bond donors (Lipinski definition) is 1. The molecule has 2 rings (SSSR count). The van der Waals surface area contributed by atoms with Crippen LogP contribution in [0.25, 0.3) is 0 Å². The van der Waals surface area contributed by atoms with E-state index in [2.05, 4.69) is 19.2 Å². The van der Waals surface area contributed by atoms with Gasteiger partial charge in [0.25, 0.3) is 0 Å². The quantitative estimate of drug-likeness (QED) is 0.819. The van der Waals surface area contributed by atoms with E-state index in [9.17, 15) is 0 Å². The number of ether oxygens (including phenoxy) is 1. The van der Waals surface area contributed by atoms with Crippen molar-refractivity contribution in [2.45, 2.75) is 39.6 Å². The lowest BCUT2D eigenvalue weighted by Gasteiger charge is -2.08. The van der Waals surface area contributed by atoms with Crippen LogP contribution in [0.5, 0.6) is 0 Å². The van der Waals surface area contributed by atoms with Crippen LogP contribution in [0.2, 0.25) is 0 Å². The van der Waals surface area contributed by atoms with E-state index in [-0.39, 0.29) is 0 Å². The molecule has 98 valence electrons. The molecule has 4 heteroatoms. The van der Waals surface area contributed by atoms with Crippen molar-refractivity contribution in [3.05, 3.63) is 47.8 Å². The molecule has 0 saturated carbocycles. The molecule has 0 aromatic carbocycles. The van der Waals surface area contributed by atoms with Gasteiger partial charge in [-0.2, -0.15) is 0 Å². The van der Waals surface area contributed by atoms with Gasteiger partial charge in [-0.3, -0.25) is 0 Å². The lowest BCUT2D eigenvalue weighted by molar-refractivity contribution is 0.0917. The molecule has 2 heterocycles. The largest absolute Gasteiger partial charge is 0.468 e. The van der Waals surface area contributed by atoms with E-state index in [0.29, 0.717) is 19.3 Å². The summed E-state index contributed by atoms with van der Waals surface area (Å²) in [4.78, 5) is 0. The summed E-state index contributed by atoms with van der Waals surface area (Å²) < 4.78 is 16.2. The smallest absolute Gasteiger partial charge is 0.129 e. The van der Waals surface area contributed by atoms with Crippen molar-refractivity contribution < 1.29 is 13.6 Å². The van der Waals surface area contributed by atoms with Crippen molar-refractivity contribution in [2.24, 2.45) is 0 Å². The number of hydrogen-bond acceptors (Lipinski definition) is 4. The Kier molecular flexibility index (Phi) is 4.61. The van der Waals surface area contributed by atoms with E-state index in [1.807, 2.05) is 18.2 Å². The third kappa shape index (κ3) is 3.75. The molecular formula is C14H19NO3. The first kappa shape index (κ1) is 12.9. The van der Waals surface area contributed by atoms with Crippen LogP contribution in [-0.4, -0.2) is 6.04 Å². The Morgan fingerprint density at radius 1 is 1.17 bits per heavy atom. The maximum absolute atomic E-state index is 5.59. The van der Waals surface area contributed by atoms with Gasteiger partial charge in [-0.25, -0.2) is 0 Å². The zero-order chi connectivity index (χ0) is 12.8. The van der Waals surface area contributed by atoms with Gasteiger partial charge in [0.1, 0.15) is 18.1 Å². The predicted octanol–water partition coefficient (Wildman–Crippen LogP) is 3.09. The molecule has 18 heavy (non-hydrogen) atoms. The normalized spacial score (nSPS) is 11.3. The minimum absolute atomic E-state index is 0.437. The highest BCUT2D eigenvalue weighted by atomic mass is 16.5. The van der Waals surface area contributed by atoms with Gasteiger partial charge in [-0.1, -0.05) is 13.8 Å². The molecule has 0 bridgehead atoms. The summed E-state index contributed by atoms with van der Waals surface area (Å²) in [5.74, 6) is 1.77. The molecule has 2 aromatic heterocycles. The fourth-order valence-electron chi connectivity index (χ4n) is 1.60. The summed E-state index contributed by atoms with van der Waals surface area (Å²) in [5, 5.41) is 3.32. The molecule has 2 aromatic rings. The second-order valence-corrected chi connectivity index (χ2v) is 4.48. The van der Waals surface area contributed by atoms with E-state index in [0.717, 1.165) is 23.6 Å². The molecular weight excluding hydrogens is 230 g/mol. The average Bonchev–Trinajstić information content (AvgIpc) is 2.97. The SMILES string of the molecule is CC(C)NCc1occc1COCc1ccco1. The van der Waals surface area contributed by atoms with Crippen molar-refractivity contribution in [2.75, 3.05) is 0 Å². The van der Waals surface area contributed by atoms with Crippen LogP contribution >= 0.6 is 0 Å². The molecule has 0 atom stereocenters. The Balaban J connectivity index is 1.80. The predicted molar refractivity (Wildman–Crippen MR) is 67.9 cm³/mol. The number of rotatable bonds is 7. The van der Waals surface area contributed by atoms with Gasteiger partial charge in [-0.05, 0) is 18.2 Å². The molecule has 0 fully saturated rings. The van der Waals surface area contributed by atoms with Crippen molar-refractivity contribution in [3.63, 3.8) is 0 Å². The molecule has 0 aliphatic rings. The van der Waals surface area contributed by atoms with Gasteiger partial charge < -0.3 is 18.9 Å². The zero-order valence-corrected chi connectivity index (χ0v) is 10.8. The van der Waals surface area contributed by atoms with Gasteiger partial charge in [-0.15, -0.1) is 0 Å². The van der Waals surface area contributed by atoms with Crippen LogP contribution in [0.15, 0.2) is 39.6 Å². The lowest BCUT2D eigenvalue weighted by Crippen LogP contribution is -2.22. The Morgan fingerprint density at radius 3 is 2.78 bits per heavy atom. The van der Waals surface area contributed by atoms with Crippen LogP contribution in [0.4, 0.5) is 0 Å². The fraction of sp³-hybridized carbons (Fsp3) is 0.429. The van der Waals surface area contributed by atoms with Gasteiger partial charge >= 0.3 is 0 Å². The van der Waals surface area contributed by atoms with Crippen molar-refractivity contribution in [1.29, 1.82) is 0 Å². The third-order valence-electron chi connectivity index (χ3n) is 2.59. The highest BCUT2D eigenvalue weighted by Crippen LogP contribution is 2.13. The summed E-state index contributed by atoms with van der Waals surface area (Å²) in [6.07, 6.45) is 3.34. The monoisotopic (exact) mass is 249 g/mol. The number of furan rings is 2. The van der Waals surface area contributed by atoms with Gasteiger partial charge in [0.05, 0.1) is 25.7 Å². The average molecular weight is 249 g/mol. The molecule has 0 aliphatic carbocycles. The topological polar surface area (TPSA) is 47.5 Å². The van der Waals surface area contributed by atoms with Crippen LogP contribution < -0.4 is 5.32 Å². The minimum Gasteiger partial charge on any atom is -0.468 e. The van der Waals surface area contributed by atoms with Crippen molar-refractivity contribution >= 4 is 0 Å². The Bertz CT molecular complexity index is 445. The maximum Gasteiger partial charge on any atom is 0.129 e. The van der Waals surface area contributed by atoms with E-state index in [4.69, 9.17) is 13.6 Å². The van der Waals surface area contributed by atoms with E-state index in [1.54, 1.807) is 12.5 Å². The standard InChI is InChI=1S/C14H19NO3/c1-11(2)15-8-14-12(5-7-18-14)9-16-10-13-4-3-6-17-13/h3-7,11,15H,8-10H2,1-2H3. The van der Waals surface area contributed by atoms with E-state index in [1.165, 1.54) is 0 Å². The Morgan fingerprint density at radius 2 is 2.06 bits per heavy atom. The van der Waals surface area contributed by atoms with Crippen LogP contribution in [0.3, 0.4) is 0 Å². The lowest BCUT2D eigenvalue weighted by atomic mass is 10.2. The summed E-state index contributed by atoms with van der Waals surface area (Å²) >= 11 is 0. The van der Waals surface area contributed by atoms with Crippen molar-refractivity contribution in [1.82, 2.24) is 5.32 Å². The Hall–Kier alpha value is -1.52. The second kappa shape index (κ2) is 6.42. The first-order valence-corrected chi connectivity index (χ1v) is 6.14. The number of nitrogens with one attached hydrogen (secondary N) is 1. The molecule has 4 nitrogen and oxygen atoms in total. The Labute approximate surface area is 107 Å². The molecule has 0 spiro atoms. The van der Waals surface area contributed by atoms with Crippen LogP contribution in [-0.2, 0) is 24.5 Å². The van der Waals surface area contributed by atoms with Gasteiger partial charge in [0.2, 0.25) is 0 Å². The first-order valence-electron chi connectivity index (χ1n) is 6.14. The molecule has 0 aliphatic heterocycles. The molecule has 0 saturated heterocycles. The van der Waals surface area contributed by atoms with E-state index < -0.39 is 0 Å². The summed E-state index contributed by atoms with van der Waals surface area (Å²) in [7, 11) is 0. The van der Waals surface area contributed by atoms with Crippen molar-refractivity contribution in [3.8, 4) is 0 Å². The summed E-state index contributed by atoms with van der Waals surface area (Å²) in [6.45, 7) is 5.96. The molecule has 0 amide bonds. The highest BCUT2D eigenvalue weighted by Gasteiger charge is 2.07. The molecule has 0 radical (unpaired) electrons.